The van der Waals surface area contributed by atoms with E-state index in [-0.39, 0.29) is 0 Å². The van der Waals surface area contributed by atoms with Gasteiger partial charge in [0, 0.05) is 0 Å². The fourth-order valence-electron chi connectivity index (χ4n) is 5.97. The first-order chi connectivity index (χ1) is 13.8. The lowest BCUT2D eigenvalue weighted by Gasteiger charge is -2.33. The van der Waals surface area contributed by atoms with Crippen molar-refractivity contribution in [3.8, 4) is 5.75 Å². The van der Waals surface area contributed by atoms with E-state index in [1.54, 1.807) is 0 Å². The molecule has 0 N–H and O–H groups in total. The lowest BCUT2D eigenvalue weighted by molar-refractivity contribution is 0.197. The van der Waals surface area contributed by atoms with Crippen molar-refractivity contribution < 1.29 is 4.74 Å². The van der Waals surface area contributed by atoms with Gasteiger partial charge in [-0.3, -0.25) is 0 Å². The molecule has 28 heavy (non-hydrogen) atoms. The van der Waals surface area contributed by atoms with Crippen LogP contribution in [-0.2, 0) is 6.42 Å². The van der Waals surface area contributed by atoms with Gasteiger partial charge in [0.1, 0.15) is 5.75 Å². The van der Waals surface area contributed by atoms with Crippen LogP contribution in [0.2, 0.25) is 0 Å². The Morgan fingerprint density at radius 3 is 2.07 bits per heavy atom. The molecule has 0 radical (unpaired) electrons. The molecule has 0 aromatic heterocycles. The van der Waals surface area contributed by atoms with E-state index in [0.29, 0.717) is 0 Å². The summed E-state index contributed by atoms with van der Waals surface area (Å²) < 4.78 is 5.63. The molecular formula is C27H44O. The second-order valence-corrected chi connectivity index (χ2v) is 9.69. The lowest BCUT2D eigenvalue weighted by atomic mass is 9.72. The maximum Gasteiger partial charge on any atom is 0.119 e. The Morgan fingerprint density at radius 2 is 1.46 bits per heavy atom. The molecule has 2 aliphatic rings. The summed E-state index contributed by atoms with van der Waals surface area (Å²) in [5.74, 6) is 4.94. The molecule has 1 aromatic carbocycles. The van der Waals surface area contributed by atoms with Crippen LogP contribution < -0.4 is 4.74 Å². The van der Waals surface area contributed by atoms with Gasteiger partial charge >= 0.3 is 0 Å². The van der Waals surface area contributed by atoms with Crippen molar-refractivity contribution in [1.29, 1.82) is 0 Å². The van der Waals surface area contributed by atoms with Gasteiger partial charge in [0.05, 0.1) is 6.61 Å². The monoisotopic (exact) mass is 384 g/mol. The first-order valence-electron chi connectivity index (χ1n) is 12.5. The SMILES string of the molecule is CCCC1CCC(CCC(Cc2ccc(OCC)cc2)C2CCCCC2)CC1. The van der Waals surface area contributed by atoms with Crippen LogP contribution in [0, 0.1) is 23.7 Å². The third-order valence-electron chi connectivity index (χ3n) is 7.66. The molecule has 0 saturated heterocycles. The first-order valence-corrected chi connectivity index (χ1v) is 12.5. The molecular weight excluding hydrogens is 340 g/mol. The predicted molar refractivity (Wildman–Crippen MR) is 121 cm³/mol. The Morgan fingerprint density at radius 1 is 0.821 bits per heavy atom. The van der Waals surface area contributed by atoms with Gasteiger partial charge in [-0.05, 0) is 61.1 Å². The standard InChI is InChI=1S/C27H44O/c1-3-8-22-11-13-23(14-12-22)15-18-26(25-9-6-5-7-10-25)21-24-16-19-27(20-17-24)28-4-2/h16-17,19-20,22-23,25-26H,3-15,18,21H2,1-2H3. The van der Waals surface area contributed by atoms with Gasteiger partial charge in [-0.2, -0.15) is 0 Å². The van der Waals surface area contributed by atoms with Crippen LogP contribution in [-0.4, -0.2) is 6.61 Å². The van der Waals surface area contributed by atoms with Crippen LogP contribution in [0.4, 0.5) is 0 Å². The minimum Gasteiger partial charge on any atom is -0.494 e. The Hall–Kier alpha value is -0.980. The Balaban J connectivity index is 1.53. The van der Waals surface area contributed by atoms with Crippen LogP contribution in [0.25, 0.3) is 0 Å². The fourth-order valence-corrected chi connectivity index (χ4v) is 5.97. The van der Waals surface area contributed by atoms with Crippen LogP contribution in [0.5, 0.6) is 5.75 Å². The number of hydrogen-bond acceptors (Lipinski definition) is 1. The van der Waals surface area contributed by atoms with E-state index < -0.39 is 0 Å². The summed E-state index contributed by atoms with van der Waals surface area (Å²) >= 11 is 0. The molecule has 1 aromatic rings. The highest BCUT2D eigenvalue weighted by atomic mass is 16.5. The number of hydrogen-bond donors (Lipinski definition) is 0. The Kier molecular flexibility index (Phi) is 9.22. The van der Waals surface area contributed by atoms with Crippen LogP contribution in [0.1, 0.15) is 103 Å². The smallest absolute Gasteiger partial charge is 0.119 e. The highest BCUT2D eigenvalue weighted by Gasteiger charge is 2.26. The minimum absolute atomic E-state index is 0.755. The third-order valence-corrected chi connectivity index (χ3v) is 7.66. The lowest BCUT2D eigenvalue weighted by Crippen LogP contribution is -2.22. The van der Waals surface area contributed by atoms with Gasteiger partial charge in [0.25, 0.3) is 0 Å². The molecule has 2 fully saturated rings. The summed E-state index contributed by atoms with van der Waals surface area (Å²) in [6.07, 6.45) is 20.4. The Bertz CT molecular complexity index is 520. The third kappa shape index (κ3) is 6.82. The zero-order valence-electron chi connectivity index (χ0n) is 18.6. The topological polar surface area (TPSA) is 9.23 Å². The summed E-state index contributed by atoms with van der Waals surface area (Å²) in [4.78, 5) is 0. The maximum absolute atomic E-state index is 5.63. The van der Waals surface area contributed by atoms with Gasteiger partial charge in [0.15, 0.2) is 0 Å². The summed E-state index contributed by atoms with van der Waals surface area (Å²) in [5, 5.41) is 0. The van der Waals surface area contributed by atoms with Crippen molar-refractivity contribution in [1.82, 2.24) is 0 Å². The number of benzene rings is 1. The number of rotatable bonds is 10. The Labute approximate surface area is 174 Å². The van der Waals surface area contributed by atoms with E-state index in [0.717, 1.165) is 36.0 Å². The van der Waals surface area contributed by atoms with Crippen molar-refractivity contribution in [2.24, 2.45) is 23.7 Å². The van der Waals surface area contributed by atoms with E-state index in [2.05, 4.69) is 38.1 Å². The molecule has 1 unspecified atom stereocenters. The molecule has 1 atom stereocenters. The fraction of sp³-hybridized carbons (Fsp3) is 0.778. The van der Waals surface area contributed by atoms with Crippen molar-refractivity contribution in [2.75, 3.05) is 6.61 Å². The zero-order valence-corrected chi connectivity index (χ0v) is 18.6. The van der Waals surface area contributed by atoms with Gasteiger partial charge < -0.3 is 4.74 Å². The van der Waals surface area contributed by atoms with Gasteiger partial charge in [-0.25, -0.2) is 0 Å². The molecule has 1 nitrogen and oxygen atoms in total. The van der Waals surface area contributed by atoms with Crippen molar-refractivity contribution in [3.63, 3.8) is 0 Å². The summed E-state index contributed by atoms with van der Waals surface area (Å²) in [6.45, 7) is 5.16. The molecule has 0 bridgehead atoms. The molecule has 0 amide bonds. The normalized spacial score (nSPS) is 24.8. The van der Waals surface area contributed by atoms with E-state index in [1.165, 1.54) is 95.5 Å². The van der Waals surface area contributed by atoms with E-state index in [9.17, 15) is 0 Å². The highest BCUT2D eigenvalue weighted by molar-refractivity contribution is 5.27. The molecule has 0 heterocycles. The second kappa shape index (κ2) is 11.9. The maximum atomic E-state index is 5.63. The van der Waals surface area contributed by atoms with Crippen LogP contribution >= 0.6 is 0 Å². The van der Waals surface area contributed by atoms with Crippen molar-refractivity contribution >= 4 is 0 Å². The van der Waals surface area contributed by atoms with Crippen LogP contribution in [0.3, 0.4) is 0 Å². The van der Waals surface area contributed by atoms with Gasteiger partial charge in [-0.1, -0.05) is 96.1 Å². The average Bonchev–Trinajstić information content (AvgIpc) is 2.74. The number of ether oxygens (including phenoxy) is 1. The van der Waals surface area contributed by atoms with Gasteiger partial charge in [-0.15, -0.1) is 0 Å². The molecule has 158 valence electrons. The molecule has 2 saturated carbocycles. The summed E-state index contributed by atoms with van der Waals surface area (Å²) in [7, 11) is 0. The highest BCUT2D eigenvalue weighted by Crippen LogP contribution is 2.39. The van der Waals surface area contributed by atoms with Crippen LogP contribution in [0.15, 0.2) is 24.3 Å². The quantitative estimate of drug-likeness (QED) is 0.395. The molecule has 3 rings (SSSR count). The minimum atomic E-state index is 0.755. The zero-order chi connectivity index (χ0) is 19.6. The molecule has 0 aliphatic heterocycles. The molecule has 1 heteroatoms. The predicted octanol–water partition coefficient (Wildman–Crippen LogP) is 8.21. The molecule has 2 aliphatic carbocycles. The molecule has 0 spiro atoms. The first kappa shape index (κ1) is 21.7. The summed E-state index contributed by atoms with van der Waals surface area (Å²) in [5.41, 5.74) is 1.52. The second-order valence-electron chi connectivity index (χ2n) is 9.69. The van der Waals surface area contributed by atoms with E-state index in [1.807, 2.05) is 0 Å². The average molecular weight is 385 g/mol. The van der Waals surface area contributed by atoms with E-state index >= 15 is 0 Å². The van der Waals surface area contributed by atoms with Gasteiger partial charge in [0.2, 0.25) is 0 Å². The van der Waals surface area contributed by atoms with Crippen molar-refractivity contribution in [2.45, 2.75) is 104 Å². The largest absolute Gasteiger partial charge is 0.494 e. The van der Waals surface area contributed by atoms with Crippen molar-refractivity contribution in [3.05, 3.63) is 29.8 Å². The van der Waals surface area contributed by atoms with E-state index in [4.69, 9.17) is 4.74 Å². The summed E-state index contributed by atoms with van der Waals surface area (Å²) in [6, 6.07) is 8.98.